The Balaban J connectivity index is 1.42. The minimum Gasteiger partial charge on any atom is -0.373 e. The first-order chi connectivity index (χ1) is 14.7. The molecule has 4 aliphatic rings. The summed E-state index contributed by atoms with van der Waals surface area (Å²) in [6, 6.07) is 9.04. The lowest BCUT2D eigenvalue weighted by atomic mass is 9.85. The molecule has 2 fully saturated rings. The van der Waals surface area contributed by atoms with Crippen molar-refractivity contribution in [1.29, 1.82) is 0 Å². The highest BCUT2D eigenvalue weighted by atomic mass is 16.5. The van der Waals surface area contributed by atoms with Gasteiger partial charge in [-0.1, -0.05) is 55.5 Å². The molecule has 1 amide bonds. The van der Waals surface area contributed by atoms with Crippen molar-refractivity contribution >= 4 is 5.91 Å². The molecule has 2 saturated heterocycles. The molecule has 1 aromatic rings. The van der Waals surface area contributed by atoms with Gasteiger partial charge in [-0.2, -0.15) is 0 Å². The minimum absolute atomic E-state index is 0.0482. The van der Waals surface area contributed by atoms with Gasteiger partial charge in [-0.15, -0.1) is 0 Å². The zero-order chi connectivity index (χ0) is 20.5. The molecular weight excluding hydrogens is 374 g/mol. The van der Waals surface area contributed by atoms with Crippen LogP contribution in [0.15, 0.2) is 60.5 Å². The van der Waals surface area contributed by atoms with Crippen LogP contribution in [0.4, 0.5) is 0 Å². The number of nitrogens with zero attached hydrogens (tertiary/aromatic N) is 2. The van der Waals surface area contributed by atoms with Crippen LogP contribution >= 0.6 is 0 Å². The number of amides is 1. The van der Waals surface area contributed by atoms with E-state index in [1.165, 1.54) is 11.1 Å². The van der Waals surface area contributed by atoms with E-state index in [1.54, 1.807) is 0 Å². The van der Waals surface area contributed by atoms with Crippen molar-refractivity contribution in [2.45, 2.75) is 50.3 Å². The number of allylic oxidation sites excluding steroid dienone is 3. The average molecular weight is 406 g/mol. The van der Waals surface area contributed by atoms with E-state index in [0.29, 0.717) is 18.5 Å². The molecule has 3 aliphatic heterocycles. The molecule has 3 heterocycles. The Kier molecular flexibility index (Phi) is 5.48. The molecule has 5 rings (SSSR count). The van der Waals surface area contributed by atoms with Crippen molar-refractivity contribution < 1.29 is 9.53 Å². The number of rotatable bonds is 2. The summed E-state index contributed by atoms with van der Waals surface area (Å²) in [5.74, 6) is 0.519. The molecule has 0 bridgehead atoms. The summed E-state index contributed by atoms with van der Waals surface area (Å²) in [7, 11) is 0. The van der Waals surface area contributed by atoms with Crippen LogP contribution in [0.5, 0.6) is 0 Å². The molecule has 1 aliphatic carbocycles. The second-order valence-corrected chi connectivity index (χ2v) is 8.72. The molecule has 1 aromatic carbocycles. The summed E-state index contributed by atoms with van der Waals surface area (Å²) >= 11 is 0. The van der Waals surface area contributed by atoms with Crippen molar-refractivity contribution in [3.8, 4) is 0 Å². The normalized spacial score (nSPS) is 30.9. The number of benzene rings is 1. The summed E-state index contributed by atoms with van der Waals surface area (Å²) < 4.78 is 5.96. The third-order valence-electron chi connectivity index (χ3n) is 6.81. The second-order valence-electron chi connectivity index (χ2n) is 8.72. The van der Waals surface area contributed by atoms with Crippen LogP contribution in [0, 0.1) is 0 Å². The molecule has 158 valence electrons. The van der Waals surface area contributed by atoms with Gasteiger partial charge in [0.1, 0.15) is 5.70 Å². The molecule has 30 heavy (non-hydrogen) atoms. The van der Waals surface area contributed by atoms with Gasteiger partial charge in [0.2, 0.25) is 0 Å². The number of nitrogens with one attached hydrogen (secondary N) is 1. The molecule has 5 heteroatoms. The van der Waals surface area contributed by atoms with E-state index in [-0.39, 0.29) is 18.1 Å². The fourth-order valence-electron chi connectivity index (χ4n) is 5.17. The minimum atomic E-state index is 0.0482. The Morgan fingerprint density at radius 2 is 2.03 bits per heavy atom. The second kappa shape index (κ2) is 8.40. The maximum absolute atomic E-state index is 13.7. The van der Waals surface area contributed by atoms with Crippen LogP contribution in [0.2, 0.25) is 0 Å². The SMILES string of the molecule is CC1C=CC(N2C=CCCC=C2C(=O)N2CC[C@H]3NCCO[C@@H]3C2)c2ccccc21. The lowest BCUT2D eigenvalue weighted by molar-refractivity contribution is -0.135. The summed E-state index contributed by atoms with van der Waals surface area (Å²) in [5.41, 5.74) is 3.43. The van der Waals surface area contributed by atoms with E-state index in [1.807, 2.05) is 4.90 Å². The Hall–Kier alpha value is -2.37. The van der Waals surface area contributed by atoms with Gasteiger partial charge in [0.05, 0.1) is 18.8 Å². The first-order valence-corrected chi connectivity index (χ1v) is 11.3. The van der Waals surface area contributed by atoms with Gasteiger partial charge in [0.25, 0.3) is 5.91 Å². The lowest BCUT2D eigenvalue weighted by Gasteiger charge is -2.43. The predicted octanol–water partition coefficient (Wildman–Crippen LogP) is 3.48. The molecule has 1 N–H and O–H groups in total. The van der Waals surface area contributed by atoms with E-state index in [0.717, 1.165) is 44.7 Å². The topological polar surface area (TPSA) is 44.8 Å². The Morgan fingerprint density at radius 3 is 2.93 bits per heavy atom. The Labute approximate surface area is 179 Å². The highest BCUT2D eigenvalue weighted by Gasteiger charge is 2.37. The number of hydrogen-bond acceptors (Lipinski definition) is 4. The van der Waals surface area contributed by atoms with E-state index in [4.69, 9.17) is 4.74 Å². The van der Waals surface area contributed by atoms with Gasteiger partial charge in [-0.25, -0.2) is 0 Å². The van der Waals surface area contributed by atoms with E-state index in [2.05, 4.69) is 71.9 Å². The predicted molar refractivity (Wildman–Crippen MR) is 118 cm³/mol. The van der Waals surface area contributed by atoms with Crippen LogP contribution in [-0.4, -0.2) is 54.1 Å². The van der Waals surface area contributed by atoms with Gasteiger partial charge in [-0.3, -0.25) is 4.79 Å². The smallest absolute Gasteiger partial charge is 0.270 e. The van der Waals surface area contributed by atoms with Gasteiger partial charge in [-0.05, 0) is 36.3 Å². The van der Waals surface area contributed by atoms with Crippen LogP contribution in [-0.2, 0) is 9.53 Å². The summed E-state index contributed by atoms with van der Waals surface area (Å²) in [6.45, 7) is 5.31. The first kappa shape index (κ1) is 19.6. The summed E-state index contributed by atoms with van der Waals surface area (Å²) in [5, 5.41) is 3.54. The molecule has 2 unspecified atom stereocenters. The highest BCUT2D eigenvalue weighted by molar-refractivity contribution is 5.93. The van der Waals surface area contributed by atoms with Crippen LogP contribution in [0.3, 0.4) is 0 Å². The number of ether oxygens (including phenoxy) is 1. The van der Waals surface area contributed by atoms with E-state index >= 15 is 0 Å². The van der Waals surface area contributed by atoms with Crippen molar-refractivity contribution in [2.24, 2.45) is 0 Å². The Morgan fingerprint density at radius 1 is 1.17 bits per heavy atom. The monoisotopic (exact) mass is 405 g/mol. The maximum Gasteiger partial charge on any atom is 0.270 e. The number of hydrogen-bond donors (Lipinski definition) is 1. The molecule has 5 nitrogen and oxygen atoms in total. The largest absolute Gasteiger partial charge is 0.373 e. The molecule has 0 radical (unpaired) electrons. The molecule has 4 atom stereocenters. The van der Waals surface area contributed by atoms with Crippen LogP contribution < -0.4 is 5.32 Å². The molecule has 0 spiro atoms. The first-order valence-electron chi connectivity index (χ1n) is 11.3. The van der Waals surface area contributed by atoms with Crippen LogP contribution in [0.25, 0.3) is 0 Å². The lowest BCUT2D eigenvalue weighted by Crippen LogP contribution is -2.59. The number of piperidine rings is 1. The van der Waals surface area contributed by atoms with Crippen molar-refractivity contribution in [3.63, 3.8) is 0 Å². The third kappa shape index (κ3) is 3.61. The average Bonchev–Trinajstić information content (AvgIpc) is 3.05. The summed E-state index contributed by atoms with van der Waals surface area (Å²) in [4.78, 5) is 17.9. The van der Waals surface area contributed by atoms with Gasteiger partial charge in [0, 0.05) is 31.9 Å². The standard InChI is InChI=1S/C25H31N3O2/c1-18-10-11-22(20-8-5-4-7-19(18)20)28-14-6-2-3-9-23(28)25(29)27-15-12-21-24(17-27)30-16-13-26-21/h4-11,14,18,21-22,24,26H,2-3,12-13,15-17H2,1H3/t18?,21-,22?,24-/m1/s1. The zero-order valence-electron chi connectivity index (χ0n) is 17.7. The molecule has 0 saturated carbocycles. The number of morpholine rings is 1. The van der Waals surface area contributed by atoms with Gasteiger partial charge < -0.3 is 19.9 Å². The molecular formula is C25H31N3O2. The Bertz CT molecular complexity index is 890. The van der Waals surface area contributed by atoms with Crippen LogP contribution in [0.1, 0.15) is 49.3 Å². The summed E-state index contributed by atoms with van der Waals surface area (Å²) in [6.07, 6.45) is 13.8. The van der Waals surface area contributed by atoms with Crippen molar-refractivity contribution in [3.05, 3.63) is 71.6 Å². The fraction of sp³-hybridized carbons (Fsp3) is 0.480. The number of likely N-dealkylation sites (tertiary alicyclic amines) is 1. The van der Waals surface area contributed by atoms with Gasteiger partial charge in [0.15, 0.2) is 0 Å². The molecule has 0 aromatic heterocycles. The maximum atomic E-state index is 13.7. The van der Waals surface area contributed by atoms with Crippen molar-refractivity contribution in [1.82, 2.24) is 15.1 Å². The zero-order valence-corrected chi connectivity index (χ0v) is 17.7. The number of fused-ring (bicyclic) bond motifs is 2. The fourth-order valence-corrected chi connectivity index (χ4v) is 5.17. The van der Waals surface area contributed by atoms with Gasteiger partial charge >= 0.3 is 0 Å². The van der Waals surface area contributed by atoms with E-state index < -0.39 is 0 Å². The number of carbonyl (C=O) groups is 1. The van der Waals surface area contributed by atoms with Crippen molar-refractivity contribution in [2.75, 3.05) is 26.2 Å². The number of carbonyl (C=O) groups excluding carboxylic acids is 1. The quantitative estimate of drug-likeness (QED) is 0.765. The third-order valence-corrected chi connectivity index (χ3v) is 6.81. The highest BCUT2D eigenvalue weighted by Crippen LogP contribution is 2.38. The van der Waals surface area contributed by atoms with E-state index in [9.17, 15) is 4.79 Å².